The molecule has 1 atom stereocenters. The van der Waals surface area contributed by atoms with Crippen LogP contribution in [0, 0.1) is 19.8 Å². The summed E-state index contributed by atoms with van der Waals surface area (Å²) in [6.07, 6.45) is -0.149. The van der Waals surface area contributed by atoms with Crippen LogP contribution in [0.2, 0.25) is 0 Å². The van der Waals surface area contributed by atoms with Gasteiger partial charge in [-0.15, -0.1) is 5.10 Å². The number of nitrogens with zero attached hydrogens (tertiary/aromatic N) is 2. The van der Waals surface area contributed by atoms with Crippen LogP contribution >= 0.6 is 0 Å². The van der Waals surface area contributed by atoms with Gasteiger partial charge in [-0.25, -0.2) is 13.2 Å². The van der Waals surface area contributed by atoms with Crippen molar-refractivity contribution in [3.63, 3.8) is 0 Å². The fourth-order valence-corrected chi connectivity index (χ4v) is 4.07. The van der Waals surface area contributed by atoms with Gasteiger partial charge in [0.05, 0.1) is 5.75 Å². The number of ether oxygens (including phenoxy) is 1. The van der Waals surface area contributed by atoms with E-state index in [4.69, 9.17) is 9.15 Å². The minimum Gasteiger partial charge on any atom is -0.444 e. The van der Waals surface area contributed by atoms with E-state index in [1.54, 1.807) is 20.8 Å². The summed E-state index contributed by atoms with van der Waals surface area (Å²) in [6.45, 7) is 13.0. The molecule has 1 heterocycles. The molecule has 0 saturated carbocycles. The van der Waals surface area contributed by atoms with Crippen molar-refractivity contribution in [2.75, 3.05) is 0 Å². The van der Waals surface area contributed by atoms with Gasteiger partial charge in [-0.05, 0) is 58.1 Å². The molecule has 2 aromatic rings. The van der Waals surface area contributed by atoms with Crippen LogP contribution in [0.5, 0.6) is 0 Å². The molecule has 1 amide bonds. The highest BCUT2D eigenvalue weighted by Gasteiger charge is 2.29. The van der Waals surface area contributed by atoms with E-state index in [0.717, 1.165) is 11.1 Å². The first-order valence-corrected chi connectivity index (χ1v) is 11.5. The van der Waals surface area contributed by atoms with Crippen molar-refractivity contribution >= 4 is 15.9 Å². The molecule has 30 heavy (non-hydrogen) atoms. The Morgan fingerprint density at radius 3 is 2.47 bits per heavy atom. The monoisotopic (exact) mass is 437 g/mol. The van der Waals surface area contributed by atoms with Crippen LogP contribution < -0.4 is 5.32 Å². The Kier molecular flexibility index (Phi) is 7.28. The zero-order valence-corrected chi connectivity index (χ0v) is 19.5. The molecule has 2 rings (SSSR count). The number of carbonyl (C=O) groups excluding carboxylic acids is 1. The summed E-state index contributed by atoms with van der Waals surface area (Å²) in [5.41, 5.74) is 1.85. The van der Waals surface area contributed by atoms with Gasteiger partial charge in [0, 0.05) is 0 Å². The Morgan fingerprint density at radius 2 is 1.87 bits per heavy atom. The number of carbonyl (C=O) groups is 1. The maximum Gasteiger partial charge on any atom is 0.408 e. The number of amides is 1. The van der Waals surface area contributed by atoms with Gasteiger partial charge >= 0.3 is 11.3 Å². The molecule has 0 saturated heterocycles. The van der Waals surface area contributed by atoms with E-state index in [1.165, 1.54) is 0 Å². The summed E-state index contributed by atoms with van der Waals surface area (Å²) in [5, 5.41) is 9.89. The SMILES string of the molecule is Cc1ccc(C)c(CS(=O)(=O)c2nnc([C@@H](CC(C)C)NC(=O)OC(C)(C)C)o2)c1. The lowest BCUT2D eigenvalue weighted by Crippen LogP contribution is -2.35. The van der Waals surface area contributed by atoms with Gasteiger partial charge in [-0.2, -0.15) is 0 Å². The first kappa shape index (κ1) is 23.9. The molecule has 0 radical (unpaired) electrons. The number of nitrogens with one attached hydrogen (secondary N) is 1. The predicted octanol–water partition coefficient (Wildman–Crippen LogP) is 4.27. The number of sulfone groups is 1. The van der Waals surface area contributed by atoms with E-state index in [2.05, 4.69) is 15.5 Å². The Bertz CT molecular complexity index is 990. The summed E-state index contributed by atoms with van der Waals surface area (Å²) >= 11 is 0. The molecule has 1 aromatic carbocycles. The normalized spacial score (nSPS) is 13.3. The lowest BCUT2D eigenvalue weighted by molar-refractivity contribution is 0.0487. The average Bonchev–Trinajstić information content (AvgIpc) is 3.06. The molecule has 0 aliphatic carbocycles. The van der Waals surface area contributed by atoms with E-state index in [1.807, 2.05) is 45.9 Å². The Labute approximate surface area is 178 Å². The molecular formula is C21H31N3O5S. The number of rotatable bonds is 7. The van der Waals surface area contributed by atoms with Gasteiger partial charge in [-0.3, -0.25) is 0 Å². The number of hydrogen-bond donors (Lipinski definition) is 1. The van der Waals surface area contributed by atoms with Crippen LogP contribution in [0.25, 0.3) is 0 Å². The van der Waals surface area contributed by atoms with Crippen LogP contribution in [0.3, 0.4) is 0 Å². The lowest BCUT2D eigenvalue weighted by Gasteiger charge is -2.22. The molecule has 0 spiro atoms. The molecule has 8 nitrogen and oxygen atoms in total. The minimum atomic E-state index is -3.84. The first-order valence-electron chi connectivity index (χ1n) is 9.88. The Morgan fingerprint density at radius 1 is 1.20 bits per heavy atom. The topological polar surface area (TPSA) is 111 Å². The number of aryl methyl sites for hydroxylation is 2. The summed E-state index contributed by atoms with van der Waals surface area (Å²) in [6, 6.07) is 4.98. The van der Waals surface area contributed by atoms with Gasteiger partial charge in [-0.1, -0.05) is 42.7 Å². The van der Waals surface area contributed by atoms with Gasteiger partial charge in [0.1, 0.15) is 11.6 Å². The molecule has 9 heteroatoms. The largest absolute Gasteiger partial charge is 0.444 e. The average molecular weight is 438 g/mol. The van der Waals surface area contributed by atoms with Crippen LogP contribution in [-0.2, 0) is 20.3 Å². The summed E-state index contributed by atoms with van der Waals surface area (Å²) in [5.74, 6) is -0.0165. The second-order valence-corrected chi connectivity index (χ2v) is 10.8. The van der Waals surface area contributed by atoms with Crippen LogP contribution in [0.15, 0.2) is 27.8 Å². The molecule has 1 aromatic heterocycles. The van der Waals surface area contributed by atoms with Crippen LogP contribution in [0.4, 0.5) is 4.79 Å². The highest BCUT2D eigenvalue weighted by Crippen LogP contribution is 2.24. The van der Waals surface area contributed by atoms with Gasteiger partial charge in [0.15, 0.2) is 0 Å². The van der Waals surface area contributed by atoms with Crippen molar-refractivity contribution < 1.29 is 22.4 Å². The molecule has 0 aliphatic rings. The maximum atomic E-state index is 12.8. The van der Waals surface area contributed by atoms with E-state index < -0.39 is 32.8 Å². The minimum absolute atomic E-state index is 0.0362. The molecule has 0 unspecified atom stereocenters. The number of aromatic nitrogens is 2. The third kappa shape index (κ3) is 6.83. The van der Waals surface area contributed by atoms with Gasteiger partial charge in [0.25, 0.3) is 0 Å². The molecule has 0 fully saturated rings. The van der Waals surface area contributed by atoms with Crippen molar-refractivity contribution in [1.82, 2.24) is 15.5 Å². The summed E-state index contributed by atoms with van der Waals surface area (Å²) in [4.78, 5) is 12.2. The Hall–Kier alpha value is -2.42. The fourth-order valence-electron chi connectivity index (χ4n) is 2.85. The van der Waals surface area contributed by atoms with Gasteiger partial charge < -0.3 is 14.5 Å². The molecule has 0 bridgehead atoms. The van der Waals surface area contributed by atoms with E-state index in [-0.39, 0.29) is 17.6 Å². The Balaban J connectivity index is 2.25. The smallest absolute Gasteiger partial charge is 0.408 e. The summed E-state index contributed by atoms with van der Waals surface area (Å²) in [7, 11) is -3.84. The van der Waals surface area contributed by atoms with Crippen LogP contribution in [0.1, 0.15) is 69.7 Å². The van der Waals surface area contributed by atoms with Gasteiger partial charge in [0.2, 0.25) is 15.7 Å². The predicted molar refractivity (Wildman–Crippen MR) is 113 cm³/mol. The van der Waals surface area contributed by atoms with Crippen molar-refractivity contribution in [1.29, 1.82) is 0 Å². The highest BCUT2D eigenvalue weighted by molar-refractivity contribution is 7.90. The van der Waals surface area contributed by atoms with Crippen molar-refractivity contribution in [3.8, 4) is 0 Å². The quantitative estimate of drug-likeness (QED) is 0.688. The van der Waals surface area contributed by atoms with Crippen molar-refractivity contribution in [3.05, 3.63) is 40.8 Å². The second kappa shape index (κ2) is 9.16. The molecular weight excluding hydrogens is 406 g/mol. The van der Waals surface area contributed by atoms with Crippen molar-refractivity contribution in [2.45, 2.75) is 77.5 Å². The van der Waals surface area contributed by atoms with E-state index in [0.29, 0.717) is 12.0 Å². The third-order valence-electron chi connectivity index (χ3n) is 4.23. The van der Waals surface area contributed by atoms with Crippen molar-refractivity contribution in [2.24, 2.45) is 5.92 Å². The first-order chi connectivity index (χ1) is 13.8. The maximum absolute atomic E-state index is 12.8. The zero-order valence-electron chi connectivity index (χ0n) is 18.6. The fraction of sp³-hybridized carbons (Fsp3) is 0.571. The lowest BCUT2D eigenvalue weighted by atomic mass is 10.0. The molecule has 1 N–H and O–H groups in total. The standard InChI is InChI=1S/C21H31N3O5S/c1-13(2)10-17(22-19(25)29-21(5,6)7)18-23-24-20(28-18)30(26,27)12-16-11-14(3)8-9-15(16)4/h8-9,11,13,17H,10,12H2,1-7H3,(H,22,25)/t17-/m1/s1. The molecule has 0 aliphatic heterocycles. The number of alkyl carbamates (subject to hydrolysis) is 1. The van der Waals surface area contributed by atoms with E-state index >= 15 is 0 Å². The molecule has 166 valence electrons. The van der Waals surface area contributed by atoms with E-state index in [9.17, 15) is 13.2 Å². The second-order valence-electron chi connectivity index (χ2n) is 8.92. The number of hydrogen-bond acceptors (Lipinski definition) is 7. The zero-order chi connectivity index (χ0) is 22.7. The highest BCUT2D eigenvalue weighted by atomic mass is 32.2. The third-order valence-corrected chi connectivity index (χ3v) is 5.62. The summed E-state index contributed by atoms with van der Waals surface area (Å²) < 4.78 is 36.4. The van der Waals surface area contributed by atoms with Crippen LogP contribution in [-0.4, -0.2) is 30.3 Å². The number of benzene rings is 1.